The van der Waals surface area contributed by atoms with E-state index in [9.17, 15) is 0 Å². The Labute approximate surface area is 151 Å². The molecular formula is C15H38O6Si3. The Morgan fingerprint density at radius 2 is 1.42 bits per heavy atom. The molecule has 6 nitrogen and oxygen atoms in total. The zero-order valence-electron chi connectivity index (χ0n) is 16.6. The van der Waals surface area contributed by atoms with Crippen molar-refractivity contribution in [1.82, 2.24) is 0 Å². The highest BCUT2D eigenvalue weighted by Crippen LogP contribution is 2.23. The first-order valence-electron chi connectivity index (χ1n) is 8.72. The normalized spacial score (nSPS) is 14.9. The van der Waals surface area contributed by atoms with Gasteiger partial charge in [-0.1, -0.05) is 0 Å². The van der Waals surface area contributed by atoms with Crippen LogP contribution in [-0.2, 0) is 17.7 Å². The molecule has 1 unspecified atom stereocenters. The fourth-order valence-corrected chi connectivity index (χ4v) is 15.7. The summed E-state index contributed by atoms with van der Waals surface area (Å²) in [6, 6.07) is 1.04. The lowest BCUT2D eigenvalue weighted by atomic mass is 10.4. The van der Waals surface area contributed by atoms with Gasteiger partial charge in [-0.2, -0.15) is 0 Å². The monoisotopic (exact) mass is 398 g/mol. The van der Waals surface area contributed by atoms with Crippen molar-refractivity contribution >= 4 is 25.2 Å². The molecule has 9 heteroatoms. The van der Waals surface area contributed by atoms with Crippen LogP contribution < -0.4 is 0 Å². The van der Waals surface area contributed by atoms with E-state index in [4.69, 9.17) is 27.9 Å². The second kappa shape index (κ2) is 11.2. The Morgan fingerprint density at radius 1 is 0.833 bits per heavy atom. The third-order valence-corrected chi connectivity index (χ3v) is 13.2. The molecule has 2 N–H and O–H groups in total. The van der Waals surface area contributed by atoms with Crippen LogP contribution in [0.5, 0.6) is 0 Å². The predicted molar refractivity (Wildman–Crippen MR) is 105 cm³/mol. The average molecular weight is 399 g/mol. The van der Waals surface area contributed by atoms with E-state index in [2.05, 4.69) is 45.8 Å². The van der Waals surface area contributed by atoms with Crippen molar-refractivity contribution in [3.63, 3.8) is 0 Å². The van der Waals surface area contributed by atoms with Gasteiger partial charge in [0, 0.05) is 6.61 Å². The quantitative estimate of drug-likeness (QED) is 0.346. The molecule has 0 heterocycles. The third kappa shape index (κ3) is 14.7. The highest BCUT2D eigenvalue weighted by Gasteiger charge is 2.37. The SMILES string of the molecule is C[Si](C)(C)O[Si](C)(C)O[Si](C)(C)CCCOCCOCC(O)CO. The number of ether oxygens (including phenoxy) is 2. The van der Waals surface area contributed by atoms with E-state index in [0.29, 0.717) is 19.8 Å². The molecule has 0 radical (unpaired) electrons. The van der Waals surface area contributed by atoms with Gasteiger partial charge in [0.25, 0.3) is 0 Å². The molecule has 0 amide bonds. The zero-order chi connectivity index (χ0) is 18.9. The first-order valence-corrected chi connectivity index (χ1v) is 18.1. The first-order chi connectivity index (χ1) is 10.9. The molecule has 0 aromatic carbocycles. The van der Waals surface area contributed by atoms with Gasteiger partial charge in [0.2, 0.25) is 0 Å². The molecule has 0 rings (SSSR count). The Kier molecular flexibility index (Phi) is 11.4. The van der Waals surface area contributed by atoms with Crippen molar-refractivity contribution < 1.29 is 27.9 Å². The second-order valence-corrected chi connectivity index (χ2v) is 20.8. The molecule has 0 spiro atoms. The van der Waals surface area contributed by atoms with Gasteiger partial charge in [-0.3, -0.25) is 0 Å². The molecule has 0 aliphatic heterocycles. The van der Waals surface area contributed by atoms with E-state index in [0.717, 1.165) is 12.5 Å². The average Bonchev–Trinajstić information content (AvgIpc) is 2.36. The Morgan fingerprint density at radius 3 is 1.96 bits per heavy atom. The standard InChI is InChI=1S/C15H38O6Si3/c1-22(2,3)20-24(6,7)21-23(4,5)12-8-9-18-10-11-19-14-15(17)13-16/h15-17H,8-14H2,1-7H3. The topological polar surface area (TPSA) is 77.4 Å². The van der Waals surface area contributed by atoms with Crippen LogP contribution in [0.15, 0.2) is 0 Å². The Hall–Kier alpha value is 0.411. The summed E-state index contributed by atoms with van der Waals surface area (Å²) in [7, 11) is -5.38. The third-order valence-electron chi connectivity index (χ3n) is 3.03. The minimum absolute atomic E-state index is 0.143. The van der Waals surface area contributed by atoms with Crippen LogP contribution in [0, 0.1) is 0 Å². The maximum absolute atomic E-state index is 9.12. The lowest BCUT2D eigenvalue weighted by Gasteiger charge is -2.37. The van der Waals surface area contributed by atoms with E-state index < -0.39 is 31.3 Å². The highest BCUT2D eigenvalue weighted by molar-refractivity contribution is 6.87. The number of rotatable bonds is 14. The summed E-state index contributed by atoms with van der Waals surface area (Å²) < 4.78 is 23.4. The number of hydrogen-bond donors (Lipinski definition) is 2. The lowest BCUT2D eigenvalue weighted by molar-refractivity contribution is -0.0147. The van der Waals surface area contributed by atoms with Crippen molar-refractivity contribution in [2.75, 3.05) is 33.0 Å². The van der Waals surface area contributed by atoms with Gasteiger partial charge in [0.05, 0.1) is 26.4 Å². The van der Waals surface area contributed by atoms with E-state index >= 15 is 0 Å². The number of hydrogen-bond acceptors (Lipinski definition) is 6. The highest BCUT2D eigenvalue weighted by atomic mass is 28.5. The van der Waals surface area contributed by atoms with Gasteiger partial charge in [0.15, 0.2) is 16.6 Å². The number of aliphatic hydroxyl groups excluding tert-OH is 2. The second-order valence-electron chi connectivity index (χ2n) is 8.10. The van der Waals surface area contributed by atoms with Gasteiger partial charge in [-0.05, 0) is 58.3 Å². The minimum Gasteiger partial charge on any atom is -0.437 e. The Bertz CT molecular complexity index is 334. The summed E-state index contributed by atoms with van der Waals surface area (Å²) >= 11 is 0. The van der Waals surface area contributed by atoms with Crippen LogP contribution in [-0.4, -0.2) is 74.5 Å². The number of aliphatic hydroxyl groups is 2. The molecule has 0 saturated carbocycles. The van der Waals surface area contributed by atoms with Gasteiger partial charge >= 0.3 is 8.56 Å². The van der Waals surface area contributed by atoms with Crippen LogP contribution in [0.4, 0.5) is 0 Å². The van der Waals surface area contributed by atoms with Crippen LogP contribution in [0.25, 0.3) is 0 Å². The molecule has 0 saturated heterocycles. The van der Waals surface area contributed by atoms with Gasteiger partial charge in [0.1, 0.15) is 6.10 Å². The van der Waals surface area contributed by atoms with Gasteiger partial charge in [-0.25, -0.2) is 0 Å². The fraction of sp³-hybridized carbons (Fsp3) is 1.00. The van der Waals surface area contributed by atoms with Gasteiger partial charge < -0.3 is 27.9 Å². The van der Waals surface area contributed by atoms with Crippen molar-refractivity contribution in [1.29, 1.82) is 0 Å². The molecule has 0 aliphatic carbocycles. The first kappa shape index (κ1) is 24.4. The summed E-state index contributed by atoms with van der Waals surface area (Å²) in [6.07, 6.45) is 0.162. The van der Waals surface area contributed by atoms with E-state index in [1.807, 2.05) is 0 Å². The van der Waals surface area contributed by atoms with Crippen molar-refractivity contribution in [3.05, 3.63) is 0 Å². The molecule has 146 valence electrons. The minimum atomic E-state index is -2.06. The maximum Gasteiger partial charge on any atom is 0.311 e. The largest absolute Gasteiger partial charge is 0.437 e. The fourth-order valence-electron chi connectivity index (χ4n) is 2.57. The summed E-state index contributed by atoms with van der Waals surface area (Å²) in [5.41, 5.74) is 0. The summed E-state index contributed by atoms with van der Waals surface area (Å²) in [5, 5.41) is 17.8. The molecule has 24 heavy (non-hydrogen) atoms. The summed E-state index contributed by atoms with van der Waals surface area (Å²) in [5.74, 6) is 0. The summed E-state index contributed by atoms with van der Waals surface area (Å²) in [4.78, 5) is 0. The molecular weight excluding hydrogens is 360 g/mol. The van der Waals surface area contributed by atoms with Crippen LogP contribution >= 0.6 is 0 Å². The van der Waals surface area contributed by atoms with Crippen molar-refractivity contribution in [2.45, 2.75) is 64.4 Å². The van der Waals surface area contributed by atoms with Crippen molar-refractivity contribution in [2.24, 2.45) is 0 Å². The lowest BCUT2D eigenvalue weighted by Crippen LogP contribution is -2.51. The molecule has 0 aliphatic rings. The van der Waals surface area contributed by atoms with Crippen molar-refractivity contribution in [3.8, 4) is 0 Å². The molecule has 1 atom stereocenters. The predicted octanol–water partition coefficient (Wildman–Crippen LogP) is 2.54. The Balaban J connectivity index is 3.85. The molecule has 0 aromatic heterocycles. The van der Waals surface area contributed by atoms with E-state index in [1.54, 1.807) is 0 Å². The molecule has 0 bridgehead atoms. The maximum atomic E-state index is 9.12. The van der Waals surface area contributed by atoms with Gasteiger partial charge in [-0.15, -0.1) is 0 Å². The molecule has 0 aromatic rings. The summed E-state index contributed by atoms with van der Waals surface area (Å²) in [6.45, 7) is 16.9. The van der Waals surface area contributed by atoms with Crippen LogP contribution in [0.1, 0.15) is 6.42 Å². The van der Waals surface area contributed by atoms with E-state index in [-0.39, 0.29) is 13.2 Å². The van der Waals surface area contributed by atoms with Crippen LogP contribution in [0.2, 0.25) is 51.9 Å². The molecule has 0 fully saturated rings. The van der Waals surface area contributed by atoms with Crippen LogP contribution in [0.3, 0.4) is 0 Å². The zero-order valence-corrected chi connectivity index (χ0v) is 19.6. The van der Waals surface area contributed by atoms with E-state index in [1.165, 1.54) is 0 Å². The smallest absolute Gasteiger partial charge is 0.311 e.